The quantitative estimate of drug-likeness (QED) is 0.725. The summed E-state index contributed by atoms with van der Waals surface area (Å²) in [4.78, 5) is 0. The number of halogens is 1. The van der Waals surface area contributed by atoms with Crippen molar-refractivity contribution in [3.63, 3.8) is 0 Å². The number of hydrogen-bond donors (Lipinski definition) is 0. The summed E-state index contributed by atoms with van der Waals surface area (Å²) in [5.41, 5.74) is 2.76. The summed E-state index contributed by atoms with van der Waals surface area (Å²) in [6, 6.07) is 15.7. The lowest BCUT2D eigenvalue weighted by Crippen LogP contribution is -1.99. The van der Waals surface area contributed by atoms with E-state index >= 15 is 0 Å². The van der Waals surface area contributed by atoms with Crippen molar-refractivity contribution in [2.45, 2.75) is 6.54 Å². The van der Waals surface area contributed by atoms with E-state index in [4.69, 9.17) is 21.6 Å². The Bertz CT molecular complexity index is 846. The smallest absolute Gasteiger partial charge is 0.136 e. The van der Waals surface area contributed by atoms with Gasteiger partial charge in [-0.2, -0.15) is 5.26 Å². The Morgan fingerprint density at radius 2 is 2.05 bits per heavy atom. The van der Waals surface area contributed by atoms with Gasteiger partial charge >= 0.3 is 0 Å². The fourth-order valence-corrected chi connectivity index (χ4v) is 2.61. The Morgan fingerprint density at radius 3 is 2.81 bits per heavy atom. The molecular formula is C17H13ClN2O. The Labute approximate surface area is 127 Å². The molecular weight excluding hydrogens is 284 g/mol. The summed E-state index contributed by atoms with van der Waals surface area (Å²) < 4.78 is 7.40. The maximum atomic E-state index is 9.02. The monoisotopic (exact) mass is 296 g/mol. The lowest BCUT2D eigenvalue weighted by atomic mass is 10.1. The van der Waals surface area contributed by atoms with Gasteiger partial charge in [0.1, 0.15) is 11.8 Å². The van der Waals surface area contributed by atoms with Crippen molar-refractivity contribution < 1.29 is 4.74 Å². The average molecular weight is 297 g/mol. The second kappa shape index (κ2) is 5.51. The highest BCUT2D eigenvalue weighted by atomic mass is 35.5. The third-order valence-corrected chi connectivity index (χ3v) is 3.71. The molecule has 0 amide bonds. The van der Waals surface area contributed by atoms with Gasteiger partial charge < -0.3 is 9.30 Å². The molecule has 3 nitrogen and oxygen atoms in total. The van der Waals surface area contributed by atoms with Gasteiger partial charge in [0.25, 0.3) is 0 Å². The minimum atomic E-state index is 0.547. The number of nitrogens with zero attached hydrogens (tertiary/aromatic N) is 2. The van der Waals surface area contributed by atoms with Crippen LogP contribution in [0.25, 0.3) is 10.9 Å². The van der Waals surface area contributed by atoms with Gasteiger partial charge in [0.15, 0.2) is 0 Å². The first-order chi connectivity index (χ1) is 10.2. The third kappa shape index (κ3) is 2.58. The molecule has 2 aromatic carbocycles. The van der Waals surface area contributed by atoms with Crippen molar-refractivity contribution in [3.05, 3.63) is 64.8 Å². The van der Waals surface area contributed by atoms with Crippen molar-refractivity contribution in [1.29, 1.82) is 5.26 Å². The van der Waals surface area contributed by atoms with E-state index in [0.717, 1.165) is 21.5 Å². The van der Waals surface area contributed by atoms with Crippen molar-refractivity contribution in [2.75, 3.05) is 7.11 Å². The molecule has 0 bridgehead atoms. The molecule has 0 aliphatic rings. The summed E-state index contributed by atoms with van der Waals surface area (Å²) >= 11 is 6.00. The van der Waals surface area contributed by atoms with Crippen molar-refractivity contribution in [1.82, 2.24) is 4.57 Å². The zero-order chi connectivity index (χ0) is 14.8. The molecule has 3 rings (SSSR count). The van der Waals surface area contributed by atoms with E-state index in [-0.39, 0.29) is 0 Å². The third-order valence-electron chi connectivity index (χ3n) is 3.47. The van der Waals surface area contributed by atoms with Crippen molar-refractivity contribution >= 4 is 22.5 Å². The number of nitriles is 1. The summed E-state index contributed by atoms with van der Waals surface area (Å²) in [5.74, 6) is 0.606. The highest BCUT2D eigenvalue weighted by Gasteiger charge is 2.06. The molecule has 3 aromatic rings. The van der Waals surface area contributed by atoms with Gasteiger partial charge in [-0.1, -0.05) is 17.7 Å². The Hall–Kier alpha value is -2.44. The summed E-state index contributed by atoms with van der Waals surface area (Å²) in [6.07, 6.45) is 2.03. The molecule has 1 heterocycles. The van der Waals surface area contributed by atoms with Crippen LogP contribution in [-0.2, 0) is 6.54 Å². The van der Waals surface area contributed by atoms with Gasteiger partial charge in [-0.05, 0) is 42.0 Å². The van der Waals surface area contributed by atoms with E-state index in [1.807, 2.05) is 42.6 Å². The first-order valence-corrected chi connectivity index (χ1v) is 6.90. The predicted octanol–water partition coefficient (Wildman–Crippen LogP) is 4.22. The largest absolute Gasteiger partial charge is 0.495 e. The first-order valence-electron chi connectivity index (χ1n) is 6.52. The summed E-state index contributed by atoms with van der Waals surface area (Å²) in [6.45, 7) is 0.715. The molecule has 0 N–H and O–H groups in total. The Morgan fingerprint density at radius 1 is 1.19 bits per heavy atom. The van der Waals surface area contributed by atoms with Gasteiger partial charge in [0, 0.05) is 28.7 Å². The van der Waals surface area contributed by atoms with Crippen LogP contribution in [0.5, 0.6) is 5.75 Å². The molecule has 0 fully saturated rings. The Balaban J connectivity index is 1.97. The highest BCUT2D eigenvalue weighted by Crippen LogP contribution is 2.23. The van der Waals surface area contributed by atoms with Gasteiger partial charge in [-0.15, -0.1) is 0 Å². The van der Waals surface area contributed by atoms with E-state index in [9.17, 15) is 0 Å². The van der Waals surface area contributed by atoms with E-state index in [0.29, 0.717) is 17.9 Å². The lowest BCUT2D eigenvalue weighted by Gasteiger charge is -2.09. The van der Waals surface area contributed by atoms with Crippen LogP contribution >= 0.6 is 11.6 Å². The minimum absolute atomic E-state index is 0.547. The molecule has 0 saturated carbocycles. The van der Waals surface area contributed by atoms with Crippen LogP contribution in [0.2, 0.25) is 5.02 Å². The first kappa shape index (κ1) is 13.5. The highest BCUT2D eigenvalue weighted by molar-refractivity contribution is 6.31. The molecule has 0 saturated heterocycles. The average Bonchev–Trinajstić information content (AvgIpc) is 2.89. The van der Waals surface area contributed by atoms with E-state index < -0.39 is 0 Å². The topological polar surface area (TPSA) is 38.0 Å². The lowest BCUT2D eigenvalue weighted by molar-refractivity contribution is 0.413. The van der Waals surface area contributed by atoms with Gasteiger partial charge in [0.05, 0.1) is 12.7 Å². The predicted molar refractivity (Wildman–Crippen MR) is 83.8 cm³/mol. The van der Waals surface area contributed by atoms with Gasteiger partial charge in [-0.25, -0.2) is 0 Å². The van der Waals surface area contributed by atoms with E-state index in [2.05, 4.69) is 10.6 Å². The fraction of sp³-hybridized carbons (Fsp3) is 0.118. The second-order valence-corrected chi connectivity index (χ2v) is 5.23. The van der Waals surface area contributed by atoms with Crippen LogP contribution in [0.1, 0.15) is 11.1 Å². The SMILES string of the molecule is COc1cc(Cn2ccc3cc(Cl)ccc32)ccc1C#N. The molecule has 4 heteroatoms. The Kier molecular flexibility index (Phi) is 3.55. The molecule has 21 heavy (non-hydrogen) atoms. The summed E-state index contributed by atoms with van der Waals surface area (Å²) in [7, 11) is 1.58. The molecule has 1 aromatic heterocycles. The van der Waals surface area contributed by atoms with Gasteiger partial charge in [0.2, 0.25) is 0 Å². The molecule has 0 aliphatic heterocycles. The van der Waals surface area contributed by atoms with Crippen molar-refractivity contribution in [2.24, 2.45) is 0 Å². The molecule has 0 spiro atoms. The maximum absolute atomic E-state index is 9.02. The van der Waals surface area contributed by atoms with Gasteiger partial charge in [-0.3, -0.25) is 0 Å². The standard InChI is InChI=1S/C17H13ClN2O/c1-21-17-8-12(2-3-14(17)10-19)11-20-7-6-13-9-15(18)4-5-16(13)20/h2-9H,11H2,1H3. The number of fused-ring (bicyclic) bond motifs is 1. The fourth-order valence-electron chi connectivity index (χ4n) is 2.43. The van der Waals surface area contributed by atoms with Crippen LogP contribution in [0, 0.1) is 11.3 Å². The van der Waals surface area contributed by atoms with Crippen LogP contribution in [0.4, 0.5) is 0 Å². The molecule has 0 radical (unpaired) electrons. The van der Waals surface area contributed by atoms with Crippen LogP contribution in [-0.4, -0.2) is 11.7 Å². The number of rotatable bonds is 3. The molecule has 0 atom stereocenters. The number of hydrogen-bond acceptors (Lipinski definition) is 2. The second-order valence-electron chi connectivity index (χ2n) is 4.79. The van der Waals surface area contributed by atoms with E-state index in [1.165, 1.54) is 0 Å². The molecule has 104 valence electrons. The number of methoxy groups -OCH3 is 1. The summed E-state index contributed by atoms with van der Waals surface area (Å²) in [5, 5.41) is 10.9. The zero-order valence-electron chi connectivity index (χ0n) is 11.5. The molecule has 0 aliphatic carbocycles. The number of benzene rings is 2. The normalized spacial score (nSPS) is 10.5. The number of ether oxygens (including phenoxy) is 1. The van der Waals surface area contributed by atoms with Crippen molar-refractivity contribution in [3.8, 4) is 11.8 Å². The maximum Gasteiger partial charge on any atom is 0.136 e. The number of aromatic nitrogens is 1. The van der Waals surface area contributed by atoms with Crippen LogP contribution in [0.3, 0.4) is 0 Å². The van der Waals surface area contributed by atoms with Crippen LogP contribution in [0.15, 0.2) is 48.7 Å². The van der Waals surface area contributed by atoms with E-state index in [1.54, 1.807) is 13.2 Å². The van der Waals surface area contributed by atoms with Crippen LogP contribution < -0.4 is 4.74 Å². The zero-order valence-corrected chi connectivity index (χ0v) is 12.3. The minimum Gasteiger partial charge on any atom is -0.495 e. The molecule has 0 unspecified atom stereocenters.